The van der Waals surface area contributed by atoms with Gasteiger partial charge >= 0.3 is 0 Å². The van der Waals surface area contributed by atoms with Crippen molar-refractivity contribution in [2.75, 3.05) is 4.72 Å². The molecule has 0 fully saturated rings. The summed E-state index contributed by atoms with van der Waals surface area (Å²) in [5.41, 5.74) is 3.38. The fourth-order valence-electron chi connectivity index (χ4n) is 1.95. The maximum absolute atomic E-state index is 12.2. The Kier molecular flexibility index (Phi) is 5.36. The molecule has 0 amide bonds. The molecular formula is C17H21NOS. The number of hydrogen-bond donors (Lipinski definition) is 1. The molecule has 0 radical (unpaired) electrons. The number of aryl methyl sites for hydroxylation is 2. The molecule has 1 N–H and O–H groups in total. The van der Waals surface area contributed by atoms with E-state index in [0.717, 1.165) is 17.0 Å². The number of unbranched alkanes of at least 4 members (excludes halogenated alkanes) is 1. The molecule has 2 aromatic carbocycles. The summed E-state index contributed by atoms with van der Waals surface area (Å²) in [7, 11) is -1.20. The summed E-state index contributed by atoms with van der Waals surface area (Å²) < 4.78 is 15.2. The van der Waals surface area contributed by atoms with Gasteiger partial charge in [-0.3, -0.25) is 0 Å². The van der Waals surface area contributed by atoms with Crippen LogP contribution in [0.5, 0.6) is 0 Å². The van der Waals surface area contributed by atoms with Gasteiger partial charge in [0, 0.05) is 5.69 Å². The summed E-state index contributed by atoms with van der Waals surface area (Å²) in [6.07, 6.45) is 3.49. The van der Waals surface area contributed by atoms with Crippen molar-refractivity contribution in [2.24, 2.45) is 0 Å². The Hall–Kier alpha value is -1.61. The molecule has 2 nitrogen and oxygen atoms in total. The topological polar surface area (TPSA) is 29.1 Å². The van der Waals surface area contributed by atoms with Crippen molar-refractivity contribution in [3.05, 3.63) is 59.7 Å². The predicted octanol–water partition coefficient (Wildman–Crippen LogP) is 4.47. The second-order valence-corrected chi connectivity index (χ2v) is 6.20. The van der Waals surface area contributed by atoms with E-state index in [1.54, 1.807) is 0 Å². The molecule has 0 aliphatic carbocycles. The smallest absolute Gasteiger partial charge is 0.150 e. The molecule has 0 aromatic heterocycles. The SMILES string of the molecule is CCCCc1ccc(S(=O)Nc2ccc(C)cc2)cc1. The molecule has 2 aromatic rings. The highest BCUT2D eigenvalue weighted by Gasteiger charge is 2.04. The van der Waals surface area contributed by atoms with E-state index < -0.39 is 11.0 Å². The highest BCUT2D eigenvalue weighted by atomic mass is 32.2. The Labute approximate surface area is 123 Å². The zero-order chi connectivity index (χ0) is 14.4. The number of nitrogens with one attached hydrogen (secondary N) is 1. The quantitative estimate of drug-likeness (QED) is 0.834. The molecule has 0 saturated carbocycles. The third-order valence-electron chi connectivity index (χ3n) is 3.22. The van der Waals surface area contributed by atoms with Crippen LogP contribution in [0.4, 0.5) is 5.69 Å². The first-order valence-electron chi connectivity index (χ1n) is 7.03. The van der Waals surface area contributed by atoms with Crippen LogP contribution >= 0.6 is 0 Å². The number of rotatable bonds is 6. The molecule has 2 rings (SSSR count). The van der Waals surface area contributed by atoms with Gasteiger partial charge in [-0.05, 0) is 49.6 Å². The van der Waals surface area contributed by atoms with E-state index in [2.05, 4.69) is 23.8 Å². The summed E-state index contributed by atoms with van der Waals surface area (Å²) in [4.78, 5) is 0.811. The van der Waals surface area contributed by atoms with Crippen LogP contribution in [0.25, 0.3) is 0 Å². The summed E-state index contributed by atoms with van der Waals surface area (Å²) in [5.74, 6) is 0. The molecule has 0 aliphatic rings. The number of hydrogen-bond acceptors (Lipinski definition) is 1. The lowest BCUT2D eigenvalue weighted by Crippen LogP contribution is -2.04. The maximum atomic E-state index is 12.2. The van der Waals surface area contributed by atoms with Crippen molar-refractivity contribution in [1.82, 2.24) is 0 Å². The minimum Gasteiger partial charge on any atom is -0.301 e. The van der Waals surface area contributed by atoms with Gasteiger partial charge in [-0.1, -0.05) is 43.2 Å². The highest BCUT2D eigenvalue weighted by molar-refractivity contribution is 7.86. The van der Waals surface area contributed by atoms with E-state index in [9.17, 15) is 4.21 Å². The largest absolute Gasteiger partial charge is 0.301 e. The summed E-state index contributed by atoms with van der Waals surface area (Å²) >= 11 is 0. The van der Waals surface area contributed by atoms with Gasteiger partial charge in [0.05, 0.1) is 4.90 Å². The lowest BCUT2D eigenvalue weighted by atomic mass is 10.1. The maximum Gasteiger partial charge on any atom is 0.150 e. The van der Waals surface area contributed by atoms with Crippen molar-refractivity contribution in [1.29, 1.82) is 0 Å². The fourth-order valence-corrected chi connectivity index (χ4v) is 2.80. The second-order valence-electron chi connectivity index (χ2n) is 4.98. The lowest BCUT2D eigenvalue weighted by Gasteiger charge is -2.07. The van der Waals surface area contributed by atoms with Crippen LogP contribution in [0.3, 0.4) is 0 Å². The molecule has 0 aliphatic heterocycles. The second kappa shape index (κ2) is 7.25. The van der Waals surface area contributed by atoms with Crippen LogP contribution in [0, 0.1) is 6.92 Å². The molecule has 0 heterocycles. The molecule has 106 valence electrons. The van der Waals surface area contributed by atoms with Gasteiger partial charge in [0.15, 0.2) is 0 Å². The summed E-state index contributed by atoms with van der Waals surface area (Å²) in [6, 6.07) is 15.9. The van der Waals surface area contributed by atoms with Crippen molar-refractivity contribution < 1.29 is 4.21 Å². The van der Waals surface area contributed by atoms with Crippen LogP contribution < -0.4 is 4.72 Å². The fraction of sp³-hybridized carbons (Fsp3) is 0.294. The highest BCUT2D eigenvalue weighted by Crippen LogP contribution is 2.15. The van der Waals surface area contributed by atoms with E-state index in [4.69, 9.17) is 0 Å². The molecule has 20 heavy (non-hydrogen) atoms. The Balaban J connectivity index is 2.00. The Morgan fingerprint density at radius 3 is 2.25 bits per heavy atom. The predicted molar refractivity (Wildman–Crippen MR) is 86.3 cm³/mol. The lowest BCUT2D eigenvalue weighted by molar-refractivity contribution is 0.686. The minimum absolute atomic E-state index is 0.811. The first-order valence-corrected chi connectivity index (χ1v) is 8.18. The van der Waals surface area contributed by atoms with Gasteiger partial charge < -0.3 is 4.72 Å². The standard InChI is InChI=1S/C17H21NOS/c1-3-4-5-15-8-12-17(13-9-15)20(19)18-16-10-6-14(2)7-11-16/h6-13,18H,3-5H2,1-2H3. The van der Waals surface area contributed by atoms with Crippen LogP contribution in [0.2, 0.25) is 0 Å². The zero-order valence-corrected chi connectivity index (χ0v) is 12.9. The number of anilines is 1. The van der Waals surface area contributed by atoms with Crippen LogP contribution in [-0.4, -0.2) is 4.21 Å². The number of benzene rings is 2. The first-order chi connectivity index (χ1) is 9.69. The zero-order valence-electron chi connectivity index (χ0n) is 12.1. The van der Waals surface area contributed by atoms with Crippen LogP contribution in [0.1, 0.15) is 30.9 Å². The van der Waals surface area contributed by atoms with Crippen LogP contribution in [0.15, 0.2) is 53.4 Å². The Morgan fingerprint density at radius 2 is 1.65 bits per heavy atom. The molecule has 3 heteroatoms. The van der Waals surface area contributed by atoms with Gasteiger partial charge in [0.2, 0.25) is 0 Å². The third kappa shape index (κ3) is 4.20. The van der Waals surface area contributed by atoms with Crippen molar-refractivity contribution >= 4 is 16.7 Å². The molecule has 0 spiro atoms. The van der Waals surface area contributed by atoms with E-state index in [1.165, 1.54) is 24.0 Å². The van der Waals surface area contributed by atoms with Gasteiger partial charge in [-0.25, -0.2) is 4.21 Å². The average molecular weight is 287 g/mol. The average Bonchev–Trinajstić information content (AvgIpc) is 2.48. The van der Waals surface area contributed by atoms with Crippen molar-refractivity contribution in [2.45, 2.75) is 38.0 Å². The molecule has 1 unspecified atom stereocenters. The van der Waals surface area contributed by atoms with E-state index in [-0.39, 0.29) is 0 Å². The molecule has 1 atom stereocenters. The van der Waals surface area contributed by atoms with Gasteiger partial charge in [-0.2, -0.15) is 0 Å². The Bertz CT molecular complexity index is 561. The minimum atomic E-state index is -1.20. The van der Waals surface area contributed by atoms with Gasteiger partial charge in [0.25, 0.3) is 0 Å². The summed E-state index contributed by atoms with van der Waals surface area (Å²) in [5, 5.41) is 0. The van der Waals surface area contributed by atoms with Gasteiger partial charge in [0.1, 0.15) is 11.0 Å². The monoisotopic (exact) mass is 287 g/mol. The molecule has 0 bridgehead atoms. The van der Waals surface area contributed by atoms with E-state index in [1.807, 2.05) is 43.3 Å². The Morgan fingerprint density at radius 1 is 1.00 bits per heavy atom. The summed E-state index contributed by atoms with van der Waals surface area (Å²) in [6.45, 7) is 4.23. The van der Waals surface area contributed by atoms with Crippen LogP contribution in [-0.2, 0) is 17.4 Å². The normalized spacial score (nSPS) is 12.1. The first kappa shape index (κ1) is 14.8. The van der Waals surface area contributed by atoms with Crippen molar-refractivity contribution in [3.8, 4) is 0 Å². The third-order valence-corrected chi connectivity index (χ3v) is 4.34. The van der Waals surface area contributed by atoms with E-state index >= 15 is 0 Å². The molecule has 0 saturated heterocycles. The van der Waals surface area contributed by atoms with Crippen molar-refractivity contribution in [3.63, 3.8) is 0 Å². The van der Waals surface area contributed by atoms with Gasteiger partial charge in [-0.15, -0.1) is 0 Å². The van der Waals surface area contributed by atoms with E-state index in [0.29, 0.717) is 0 Å². The molecular weight excluding hydrogens is 266 g/mol.